The van der Waals surface area contributed by atoms with Crippen LogP contribution in [0, 0.1) is 0 Å². The lowest BCUT2D eigenvalue weighted by Crippen LogP contribution is -2.18. The average molecular weight is 269 g/mol. The largest absolute Gasteiger partial charge is 0.461 e. The zero-order chi connectivity index (χ0) is 14.2. The summed E-state index contributed by atoms with van der Waals surface area (Å²) < 4.78 is 5.29. The zero-order valence-corrected chi connectivity index (χ0v) is 11.4. The predicted molar refractivity (Wildman–Crippen MR) is 79.1 cm³/mol. The van der Waals surface area contributed by atoms with Gasteiger partial charge in [0, 0.05) is 5.92 Å². The molecule has 0 bridgehead atoms. The van der Waals surface area contributed by atoms with E-state index in [0.29, 0.717) is 19.6 Å². The van der Waals surface area contributed by atoms with Crippen molar-refractivity contribution in [3.63, 3.8) is 0 Å². The normalized spacial score (nSPS) is 11.8. The van der Waals surface area contributed by atoms with Crippen LogP contribution in [0.5, 0.6) is 0 Å². The van der Waals surface area contributed by atoms with Gasteiger partial charge in [-0.15, -0.1) is 0 Å². The minimum atomic E-state index is -0.215. The van der Waals surface area contributed by atoms with Crippen LogP contribution >= 0.6 is 0 Å². The lowest BCUT2D eigenvalue weighted by atomic mass is 9.96. The first-order valence-electron chi connectivity index (χ1n) is 6.74. The van der Waals surface area contributed by atoms with Gasteiger partial charge in [0.05, 0.1) is 6.42 Å². The molecule has 0 unspecified atom stereocenters. The van der Waals surface area contributed by atoms with Crippen LogP contribution in [-0.2, 0) is 16.1 Å². The van der Waals surface area contributed by atoms with Gasteiger partial charge in [0.1, 0.15) is 6.61 Å². The van der Waals surface area contributed by atoms with E-state index in [1.165, 1.54) is 0 Å². The Labute approximate surface area is 119 Å². The summed E-state index contributed by atoms with van der Waals surface area (Å²) in [7, 11) is 0. The number of nitrogens with two attached hydrogens (primary N) is 1. The van der Waals surface area contributed by atoms with Crippen LogP contribution < -0.4 is 5.73 Å². The van der Waals surface area contributed by atoms with E-state index in [0.717, 1.165) is 11.1 Å². The van der Waals surface area contributed by atoms with Crippen molar-refractivity contribution >= 4 is 5.97 Å². The summed E-state index contributed by atoms with van der Waals surface area (Å²) in [5.74, 6) is -0.201. The van der Waals surface area contributed by atoms with Gasteiger partial charge in [-0.05, 0) is 17.7 Å². The third-order valence-electron chi connectivity index (χ3n) is 3.21. The molecule has 2 aromatic rings. The fourth-order valence-corrected chi connectivity index (χ4v) is 2.06. The Morgan fingerprint density at radius 3 is 2.20 bits per heavy atom. The highest BCUT2D eigenvalue weighted by atomic mass is 16.5. The molecule has 0 heterocycles. The Morgan fingerprint density at radius 1 is 1.00 bits per heavy atom. The van der Waals surface area contributed by atoms with Crippen LogP contribution in [-0.4, -0.2) is 12.5 Å². The maximum atomic E-state index is 11.9. The fourth-order valence-electron chi connectivity index (χ4n) is 2.06. The van der Waals surface area contributed by atoms with Crippen LogP contribution in [0.1, 0.15) is 23.5 Å². The number of hydrogen-bond donors (Lipinski definition) is 1. The first-order chi connectivity index (χ1) is 9.79. The average Bonchev–Trinajstić information content (AvgIpc) is 2.52. The van der Waals surface area contributed by atoms with E-state index >= 15 is 0 Å². The van der Waals surface area contributed by atoms with E-state index in [4.69, 9.17) is 10.5 Å². The predicted octanol–water partition coefficient (Wildman–Crippen LogP) is 2.86. The number of ether oxygens (including phenoxy) is 1. The van der Waals surface area contributed by atoms with Gasteiger partial charge in [0.15, 0.2) is 0 Å². The monoisotopic (exact) mass is 269 g/mol. The maximum absolute atomic E-state index is 11.9. The molecule has 2 aromatic carbocycles. The molecule has 2 rings (SSSR count). The first kappa shape index (κ1) is 14.3. The molecule has 2 N–H and O–H groups in total. The Kier molecular flexibility index (Phi) is 5.33. The number of carbonyl (C=O) groups excluding carboxylic acids is 1. The van der Waals surface area contributed by atoms with Gasteiger partial charge in [-0.2, -0.15) is 0 Å². The van der Waals surface area contributed by atoms with Crippen molar-refractivity contribution in [2.75, 3.05) is 6.54 Å². The highest BCUT2D eigenvalue weighted by molar-refractivity contribution is 5.70. The van der Waals surface area contributed by atoms with E-state index in [1.807, 2.05) is 60.7 Å². The molecule has 0 amide bonds. The summed E-state index contributed by atoms with van der Waals surface area (Å²) in [4.78, 5) is 11.9. The standard InChI is InChI=1S/C17H19NO2/c18-12-16(15-9-5-2-6-10-15)11-17(19)20-13-14-7-3-1-4-8-14/h1-10,16H,11-13,18H2/t16-/m1/s1. The molecule has 0 radical (unpaired) electrons. The molecule has 0 aliphatic heterocycles. The van der Waals surface area contributed by atoms with Crippen LogP contribution in [0.2, 0.25) is 0 Å². The quantitative estimate of drug-likeness (QED) is 0.820. The third kappa shape index (κ3) is 4.21. The Bertz CT molecular complexity index is 525. The molecule has 20 heavy (non-hydrogen) atoms. The van der Waals surface area contributed by atoms with E-state index in [2.05, 4.69) is 0 Å². The lowest BCUT2D eigenvalue weighted by Gasteiger charge is -2.14. The second-order valence-corrected chi connectivity index (χ2v) is 4.69. The highest BCUT2D eigenvalue weighted by Gasteiger charge is 2.15. The first-order valence-corrected chi connectivity index (χ1v) is 6.74. The van der Waals surface area contributed by atoms with E-state index in [1.54, 1.807) is 0 Å². The summed E-state index contributed by atoms with van der Waals surface area (Å²) in [6.07, 6.45) is 0.313. The summed E-state index contributed by atoms with van der Waals surface area (Å²) in [6, 6.07) is 19.5. The smallest absolute Gasteiger partial charge is 0.306 e. The van der Waals surface area contributed by atoms with Crippen LogP contribution in [0.15, 0.2) is 60.7 Å². The number of esters is 1. The summed E-state index contributed by atoms with van der Waals surface area (Å²) in [6.45, 7) is 0.746. The van der Waals surface area contributed by atoms with Crippen molar-refractivity contribution < 1.29 is 9.53 Å². The van der Waals surface area contributed by atoms with E-state index in [-0.39, 0.29) is 11.9 Å². The van der Waals surface area contributed by atoms with Crippen molar-refractivity contribution in [2.45, 2.75) is 18.9 Å². The van der Waals surface area contributed by atoms with Gasteiger partial charge < -0.3 is 10.5 Å². The minimum absolute atomic E-state index is 0.0134. The molecule has 0 fully saturated rings. The summed E-state index contributed by atoms with van der Waals surface area (Å²) in [5.41, 5.74) is 7.82. The highest BCUT2D eigenvalue weighted by Crippen LogP contribution is 2.18. The molecule has 0 saturated heterocycles. The van der Waals surface area contributed by atoms with Crippen LogP contribution in [0.25, 0.3) is 0 Å². The van der Waals surface area contributed by atoms with E-state index < -0.39 is 0 Å². The molecular formula is C17H19NO2. The summed E-state index contributed by atoms with van der Waals surface area (Å²) >= 11 is 0. The lowest BCUT2D eigenvalue weighted by molar-refractivity contribution is -0.145. The van der Waals surface area contributed by atoms with Gasteiger partial charge in [0.25, 0.3) is 0 Å². The topological polar surface area (TPSA) is 52.3 Å². The molecule has 0 aromatic heterocycles. The molecular weight excluding hydrogens is 250 g/mol. The SMILES string of the molecule is NC[C@@H](CC(=O)OCc1ccccc1)c1ccccc1. The van der Waals surface area contributed by atoms with Crippen molar-refractivity contribution in [1.29, 1.82) is 0 Å². The molecule has 0 aliphatic rings. The van der Waals surface area contributed by atoms with Gasteiger partial charge in [-0.1, -0.05) is 60.7 Å². The molecule has 0 spiro atoms. The third-order valence-corrected chi connectivity index (χ3v) is 3.21. The number of rotatable bonds is 6. The second kappa shape index (κ2) is 7.46. The molecule has 3 heteroatoms. The Balaban J connectivity index is 1.87. The maximum Gasteiger partial charge on any atom is 0.306 e. The van der Waals surface area contributed by atoms with Crippen LogP contribution in [0.4, 0.5) is 0 Å². The van der Waals surface area contributed by atoms with Crippen molar-refractivity contribution in [2.24, 2.45) is 5.73 Å². The Morgan fingerprint density at radius 2 is 1.60 bits per heavy atom. The Hall–Kier alpha value is -2.13. The van der Waals surface area contributed by atoms with Gasteiger partial charge >= 0.3 is 5.97 Å². The zero-order valence-electron chi connectivity index (χ0n) is 11.4. The van der Waals surface area contributed by atoms with Gasteiger partial charge in [0.2, 0.25) is 0 Å². The molecule has 0 aliphatic carbocycles. The van der Waals surface area contributed by atoms with Gasteiger partial charge in [-0.3, -0.25) is 4.79 Å². The molecule has 104 valence electrons. The number of benzene rings is 2. The van der Waals surface area contributed by atoms with Gasteiger partial charge in [-0.25, -0.2) is 0 Å². The van der Waals surface area contributed by atoms with Crippen LogP contribution in [0.3, 0.4) is 0 Å². The van der Waals surface area contributed by atoms with Crippen molar-refractivity contribution in [1.82, 2.24) is 0 Å². The molecule has 1 atom stereocenters. The number of hydrogen-bond acceptors (Lipinski definition) is 3. The second-order valence-electron chi connectivity index (χ2n) is 4.69. The van der Waals surface area contributed by atoms with Crippen molar-refractivity contribution in [3.05, 3.63) is 71.8 Å². The molecule has 3 nitrogen and oxygen atoms in total. The fraction of sp³-hybridized carbons (Fsp3) is 0.235. The van der Waals surface area contributed by atoms with Crippen molar-refractivity contribution in [3.8, 4) is 0 Å². The molecule has 0 saturated carbocycles. The van der Waals surface area contributed by atoms with E-state index in [9.17, 15) is 4.79 Å². The summed E-state index contributed by atoms with van der Waals surface area (Å²) in [5, 5.41) is 0. The number of carbonyl (C=O) groups is 1. The minimum Gasteiger partial charge on any atom is -0.461 e.